The van der Waals surface area contributed by atoms with Gasteiger partial charge in [-0.25, -0.2) is 4.39 Å². The van der Waals surface area contributed by atoms with Crippen LogP contribution in [0.1, 0.15) is 68.6 Å². The van der Waals surface area contributed by atoms with E-state index in [2.05, 4.69) is 5.16 Å². The van der Waals surface area contributed by atoms with Crippen LogP contribution in [0.15, 0.2) is 28.8 Å². The van der Waals surface area contributed by atoms with Crippen molar-refractivity contribution in [1.82, 2.24) is 10.1 Å². The molecule has 0 aliphatic heterocycles. The van der Waals surface area contributed by atoms with Crippen molar-refractivity contribution < 1.29 is 8.91 Å². The molecule has 23 heavy (non-hydrogen) atoms. The number of aromatic nitrogens is 2. The second-order valence-electron chi connectivity index (χ2n) is 7.08. The zero-order valence-electron chi connectivity index (χ0n) is 13.2. The van der Waals surface area contributed by atoms with E-state index in [1.54, 1.807) is 0 Å². The van der Waals surface area contributed by atoms with Gasteiger partial charge in [-0.2, -0.15) is 4.98 Å². The summed E-state index contributed by atoms with van der Waals surface area (Å²) in [6, 6.07) is 6.73. The molecule has 0 amide bonds. The molecule has 2 saturated carbocycles. The van der Waals surface area contributed by atoms with Crippen molar-refractivity contribution in [3.63, 3.8) is 0 Å². The third-order valence-electron chi connectivity index (χ3n) is 5.63. The molecular weight excluding hydrogens is 293 g/mol. The molecule has 0 unspecified atom stereocenters. The van der Waals surface area contributed by atoms with Crippen LogP contribution in [0.25, 0.3) is 0 Å². The maximum Gasteiger partial charge on any atom is 0.237 e. The molecular formula is C18H22FN3O. The third-order valence-corrected chi connectivity index (χ3v) is 5.63. The zero-order chi connectivity index (χ0) is 15.9. The summed E-state index contributed by atoms with van der Waals surface area (Å²) in [6.07, 6.45) is 8.29. The van der Waals surface area contributed by atoms with Crippen LogP contribution in [0.4, 0.5) is 4.39 Å². The molecule has 2 aromatic rings. The lowest BCUT2D eigenvalue weighted by Crippen LogP contribution is -2.44. The van der Waals surface area contributed by atoms with Crippen molar-refractivity contribution in [2.45, 2.75) is 62.3 Å². The van der Waals surface area contributed by atoms with Crippen molar-refractivity contribution in [3.8, 4) is 0 Å². The molecule has 0 bridgehead atoms. The van der Waals surface area contributed by atoms with Gasteiger partial charge < -0.3 is 10.3 Å². The summed E-state index contributed by atoms with van der Waals surface area (Å²) in [5, 5.41) is 4.19. The second-order valence-corrected chi connectivity index (χ2v) is 7.08. The number of nitrogens with zero attached hydrogens (tertiary/aromatic N) is 2. The van der Waals surface area contributed by atoms with E-state index < -0.39 is 5.54 Å². The van der Waals surface area contributed by atoms with Gasteiger partial charge in [0.1, 0.15) is 5.82 Å². The number of halogens is 1. The van der Waals surface area contributed by atoms with E-state index >= 15 is 0 Å². The van der Waals surface area contributed by atoms with Gasteiger partial charge in [0, 0.05) is 0 Å². The molecule has 122 valence electrons. The van der Waals surface area contributed by atoms with Crippen molar-refractivity contribution in [3.05, 3.63) is 47.4 Å². The summed E-state index contributed by atoms with van der Waals surface area (Å²) in [5.41, 5.74) is 6.69. The Morgan fingerprint density at radius 2 is 1.65 bits per heavy atom. The average Bonchev–Trinajstić information content (AvgIpc) is 3.05. The smallest absolute Gasteiger partial charge is 0.237 e. The minimum absolute atomic E-state index is 0.221. The van der Waals surface area contributed by atoms with Crippen LogP contribution >= 0.6 is 0 Å². The number of rotatable bonds is 3. The predicted molar refractivity (Wildman–Crippen MR) is 84.3 cm³/mol. The van der Waals surface area contributed by atoms with Crippen LogP contribution in [0, 0.1) is 5.82 Å². The highest BCUT2D eigenvalue weighted by molar-refractivity contribution is 5.33. The average molecular weight is 315 g/mol. The standard InChI is InChI=1S/C18H22FN3O/c19-14-7-5-13(6-8-14)17(9-2-1-3-10-17)16-21-15(22-23-16)18(20)11-4-12-18/h5-8H,1-4,9-12,20H2. The molecule has 2 aliphatic rings. The third kappa shape index (κ3) is 2.38. The Morgan fingerprint density at radius 3 is 2.26 bits per heavy atom. The number of hydrogen-bond acceptors (Lipinski definition) is 4. The predicted octanol–water partition coefficient (Wildman–Crippen LogP) is 3.80. The fraction of sp³-hybridized carbons (Fsp3) is 0.556. The fourth-order valence-corrected chi connectivity index (χ4v) is 3.95. The van der Waals surface area contributed by atoms with Crippen LogP contribution in [-0.4, -0.2) is 10.1 Å². The van der Waals surface area contributed by atoms with E-state index in [0.29, 0.717) is 11.7 Å². The molecule has 4 nitrogen and oxygen atoms in total. The lowest BCUT2D eigenvalue weighted by molar-refractivity contribution is 0.223. The summed E-state index contributed by atoms with van der Waals surface area (Å²) in [5.74, 6) is 1.06. The molecule has 0 spiro atoms. The molecule has 0 radical (unpaired) electrons. The quantitative estimate of drug-likeness (QED) is 0.935. The lowest BCUT2D eigenvalue weighted by Gasteiger charge is -2.35. The number of hydrogen-bond donors (Lipinski definition) is 1. The van der Waals surface area contributed by atoms with Crippen molar-refractivity contribution in [1.29, 1.82) is 0 Å². The van der Waals surface area contributed by atoms with Gasteiger partial charge in [0.05, 0.1) is 11.0 Å². The molecule has 1 aromatic carbocycles. The van der Waals surface area contributed by atoms with Gasteiger partial charge in [-0.1, -0.05) is 36.6 Å². The summed E-state index contributed by atoms with van der Waals surface area (Å²) in [4.78, 5) is 4.70. The van der Waals surface area contributed by atoms with Crippen LogP contribution in [-0.2, 0) is 11.0 Å². The summed E-state index contributed by atoms with van der Waals surface area (Å²) in [7, 11) is 0. The van der Waals surface area contributed by atoms with Crippen LogP contribution in [0.3, 0.4) is 0 Å². The van der Waals surface area contributed by atoms with Gasteiger partial charge in [0.25, 0.3) is 0 Å². The molecule has 1 aromatic heterocycles. The van der Waals surface area contributed by atoms with Gasteiger partial charge in [-0.15, -0.1) is 0 Å². The van der Waals surface area contributed by atoms with E-state index in [4.69, 9.17) is 15.2 Å². The highest BCUT2D eigenvalue weighted by Crippen LogP contribution is 2.45. The zero-order valence-corrected chi connectivity index (χ0v) is 13.2. The van der Waals surface area contributed by atoms with Gasteiger partial charge in [0.15, 0.2) is 5.82 Å². The Balaban J connectivity index is 1.75. The maximum atomic E-state index is 13.3. The second kappa shape index (κ2) is 5.41. The Hall–Kier alpha value is -1.75. The van der Waals surface area contributed by atoms with E-state index in [1.807, 2.05) is 12.1 Å². The minimum Gasteiger partial charge on any atom is -0.338 e. The van der Waals surface area contributed by atoms with Crippen LogP contribution in [0.5, 0.6) is 0 Å². The molecule has 2 aliphatic carbocycles. The van der Waals surface area contributed by atoms with E-state index in [1.165, 1.54) is 18.6 Å². The number of benzene rings is 1. The van der Waals surface area contributed by atoms with Gasteiger partial charge in [-0.3, -0.25) is 0 Å². The first kappa shape index (κ1) is 14.8. The van der Waals surface area contributed by atoms with Crippen molar-refractivity contribution >= 4 is 0 Å². The van der Waals surface area contributed by atoms with Gasteiger partial charge >= 0.3 is 0 Å². The molecule has 2 N–H and O–H groups in total. The Labute approximate surface area is 135 Å². The first-order chi connectivity index (χ1) is 11.1. The minimum atomic E-state index is -0.416. The van der Waals surface area contributed by atoms with Crippen molar-refractivity contribution in [2.75, 3.05) is 0 Å². The molecule has 4 rings (SSSR count). The van der Waals surface area contributed by atoms with Crippen LogP contribution in [0.2, 0.25) is 0 Å². The molecule has 5 heteroatoms. The molecule has 1 heterocycles. The SMILES string of the molecule is NC1(c2noc(C3(c4ccc(F)cc4)CCCCC3)n2)CCC1. The van der Waals surface area contributed by atoms with Crippen LogP contribution < -0.4 is 5.73 Å². The Morgan fingerprint density at radius 1 is 0.957 bits per heavy atom. The van der Waals surface area contributed by atoms with Crippen molar-refractivity contribution in [2.24, 2.45) is 5.73 Å². The first-order valence-corrected chi connectivity index (χ1v) is 8.52. The van der Waals surface area contributed by atoms with Gasteiger partial charge in [0.2, 0.25) is 5.89 Å². The topological polar surface area (TPSA) is 64.9 Å². The highest BCUT2D eigenvalue weighted by atomic mass is 19.1. The summed E-state index contributed by atoms with van der Waals surface area (Å²) in [6.45, 7) is 0. The summed E-state index contributed by atoms with van der Waals surface area (Å²) >= 11 is 0. The van der Waals surface area contributed by atoms with Gasteiger partial charge in [-0.05, 0) is 49.8 Å². The highest BCUT2D eigenvalue weighted by Gasteiger charge is 2.44. The molecule has 0 atom stereocenters. The Bertz CT molecular complexity index is 685. The Kier molecular flexibility index (Phi) is 3.48. The summed E-state index contributed by atoms with van der Waals surface area (Å²) < 4.78 is 19.0. The monoisotopic (exact) mass is 315 g/mol. The van der Waals surface area contributed by atoms with E-state index in [-0.39, 0.29) is 11.2 Å². The maximum absolute atomic E-state index is 13.3. The molecule has 0 saturated heterocycles. The van der Waals surface area contributed by atoms with E-state index in [0.717, 1.165) is 50.5 Å². The normalized spacial score (nSPS) is 22.5. The number of nitrogens with two attached hydrogens (primary N) is 1. The fourth-order valence-electron chi connectivity index (χ4n) is 3.95. The first-order valence-electron chi connectivity index (χ1n) is 8.52. The lowest BCUT2D eigenvalue weighted by atomic mass is 9.69. The molecule has 2 fully saturated rings. The van der Waals surface area contributed by atoms with E-state index in [9.17, 15) is 4.39 Å². The largest absolute Gasteiger partial charge is 0.338 e.